The molecular formula is C7H9BrN2. The lowest BCUT2D eigenvalue weighted by molar-refractivity contribution is 0.513. The Bertz CT molecular complexity index is 186. The molecule has 2 nitrogen and oxygen atoms in total. The summed E-state index contributed by atoms with van der Waals surface area (Å²) >= 11 is 3.12. The van der Waals surface area contributed by atoms with Gasteiger partial charge in [0.1, 0.15) is 0 Å². The molecule has 0 atom stereocenters. The first-order valence-corrected chi connectivity index (χ1v) is 3.72. The highest BCUT2D eigenvalue weighted by Crippen LogP contribution is 2.02. The second-order valence-electron chi connectivity index (χ2n) is 2.04. The second kappa shape index (κ2) is 3.71. The zero-order chi connectivity index (χ0) is 7.40. The number of hydrogen-bond acceptors (Lipinski definition) is 2. The number of halogens is 1. The number of hydrogen-bond donors (Lipinski definition) is 1. The first kappa shape index (κ1) is 7.72. The molecule has 0 saturated carbocycles. The molecule has 10 heavy (non-hydrogen) atoms. The molecular weight excluding hydrogens is 192 g/mol. The van der Waals surface area contributed by atoms with E-state index in [1.807, 2.05) is 30.3 Å². The van der Waals surface area contributed by atoms with Crippen LogP contribution in [0.4, 0.5) is 0 Å². The Kier molecular flexibility index (Phi) is 2.86. The van der Waals surface area contributed by atoms with E-state index >= 15 is 0 Å². The summed E-state index contributed by atoms with van der Waals surface area (Å²) in [6, 6.07) is 10.0. The first-order valence-electron chi connectivity index (χ1n) is 3.01. The molecule has 0 spiro atoms. The highest BCUT2D eigenvalue weighted by Gasteiger charge is 1.92. The second-order valence-corrected chi connectivity index (χ2v) is 2.95. The molecule has 0 aliphatic carbocycles. The van der Waals surface area contributed by atoms with Crippen molar-refractivity contribution < 1.29 is 0 Å². The fraction of sp³-hybridized carbons (Fsp3) is 0.143. The van der Waals surface area contributed by atoms with Crippen LogP contribution in [0.25, 0.3) is 0 Å². The van der Waals surface area contributed by atoms with Crippen molar-refractivity contribution in [2.24, 2.45) is 5.84 Å². The van der Waals surface area contributed by atoms with E-state index in [9.17, 15) is 0 Å². The fourth-order valence-electron chi connectivity index (χ4n) is 0.758. The normalized spacial score (nSPS) is 10.3. The summed E-state index contributed by atoms with van der Waals surface area (Å²) in [5.41, 5.74) is 1.20. The van der Waals surface area contributed by atoms with Crippen LogP contribution in [0.15, 0.2) is 30.3 Å². The minimum absolute atomic E-state index is 0.723. The van der Waals surface area contributed by atoms with Crippen molar-refractivity contribution in [3.8, 4) is 0 Å². The van der Waals surface area contributed by atoms with Gasteiger partial charge in [0.2, 0.25) is 0 Å². The number of nitrogens with two attached hydrogens (primary N) is 1. The topological polar surface area (TPSA) is 29.3 Å². The highest BCUT2D eigenvalue weighted by molar-refractivity contribution is 9.07. The lowest BCUT2D eigenvalue weighted by atomic mass is 10.2. The van der Waals surface area contributed by atoms with Gasteiger partial charge in [0, 0.05) is 22.7 Å². The van der Waals surface area contributed by atoms with Crippen LogP contribution in [0.1, 0.15) is 5.56 Å². The third-order valence-corrected chi connectivity index (χ3v) is 1.43. The zero-order valence-corrected chi connectivity index (χ0v) is 7.08. The van der Waals surface area contributed by atoms with Gasteiger partial charge in [-0.15, -0.1) is 0 Å². The Morgan fingerprint density at radius 3 is 2.40 bits per heavy atom. The van der Waals surface area contributed by atoms with Crippen molar-refractivity contribution in [3.63, 3.8) is 0 Å². The molecule has 0 heterocycles. The van der Waals surface area contributed by atoms with E-state index in [0.717, 1.165) is 6.54 Å². The third-order valence-electron chi connectivity index (χ3n) is 1.18. The maximum Gasteiger partial charge on any atom is 0.0496 e. The molecule has 0 amide bonds. The minimum Gasteiger partial charge on any atom is -0.258 e. The molecule has 0 aromatic heterocycles. The molecule has 0 aliphatic heterocycles. The number of nitrogens with zero attached hydrogens (tertiary/aromatic N) is 1. The van der Waals surface area contributed by atoms with Crippen LogP contribution in [-0.2, 0) is 6.54 Å². The maximum atomic E-state index is 5.37. The largest absolute Gasteiger partial charge is 0.258 e. The molecule has 0 saturated heterocycles. The van der Waals surface area contributed by atoms with Gasteiger partial charge >= 0.3 is 0 Å². The van der Waals surface area contributed by atoms with Gasteiger partial charge in [-0.05, 0) is 5.56 Å². The Labute approximate surface area is 68.9 Å². The first-order chi connectivity index (χ1) is 4.79. The fourth-order valence-corrected chi connectivity index (χ4v) is 1.05. The molecule has 1 rings (SSSR count). The summed E-state index contributed by atoms with van der Waals surface area (Å²) in [7, 11) is 0. The Hall–Kier alpha value is -0.380. The number of rotatable bonds is 2. The predicted octanol–water partition coefficient (Wildman–Crippen LogP) is 1.67. The van der Waals surface area contributed by atoms with E-state index in [2.05, 4.69) is 16.1 Å². The Balaban J connectivity index is 2.59. The van der Waals surface area contributed by atoms with Crippen LogP contribution in [0, 0.1) is 0 Å². The quantitative estimate of drug-likeness (QED) is 0.448. The van der Waals surface area contributed by atoms with Crippen LogP contribution in [-0.4, -0.2) is 4.03 Å². The Morgan fingerprint density at radius 1 is 1.30 bits per heavy atom. The summed E-state index contributed by atoms with van der Waals surface area (Å²) < 4.78 is 1.47. The van der Waals surface area contributed by atoms with Gasteiger partial charge in [-0.1, -0.05) is 30.3 Å². The van der Waals surface area contributed by atoms with Gasteiger partial charge in [-0.2, -0.15) is 4.03 Å². The summed E-state index contributed by atoms with van der Waals surface area (Å²) in [4.78, 5) is 0. The number of benzene rings is 1. The molecule has 54 valence electrons. The van der Waals surface area contributed by atoms with Crippen molar-refractivity contribution in [2.75, 3.05) is 0 Å². The van der Waals surface area contributed by atoms with Crippen LogP contribution in [0.3, 0.4) is 0 Å². The molecule has 0 radical (unpaired) electrons. The lowest BCUT2D eigenvalue weighted by Crippen LogP contribution is -2.17. The lowest BCUT2D eigenvalue weighted by Gasteiger charge is -2.05. The smallest absolute Gasteiger partial charge is 0.0496 e. The standard InChI is InChI=1S/C7H9BrN2/c8-10(9)6-7-4-2-1-3-5-7/h1-5H,6,9H2. The highest BCUT2D eigenvalue weighted by atomic mass is 79.9. The van der Waals surface area contributed by atoms with Crippen LogP contribution in [0.2, 0.25) is 0 Å². The van der Waals surface area contributed by atoms with Crippen molar-refractivity contribution in [2.45, 2.75) is 6.54 Å². The van der Waals surface area contributed by atoms with Gasteiger partial charge in [-0.3, -0.25) is 5.84 Å². The van der Waals surface area contributed by atoms with E-state index in [4.69, 9.17) is 5.84 Å². The zero-order valence-electron chi connectivity index (χ0n) is 5.50. The van der Waals surface area contributed by atoms with E-state index in [1.54, 1.807) is 0 Å². The van der Waals surface area contributed by atoms with Crippen molar-refractivity contribution in [1.29, 1.82) is 0 Å². The molecule has 1 aromatic carbocycles. The van der Waals surface area contributed by atoms with E-state index in [0.29, 0.717) is 0 Å². The summed E-state index contributed by atoms with van der Waals surface area (Å²) in [5.74, 6) is 5.37. The molecule has 3 heteroatoms. The van der Waals surface area contributed by atoms with Gasteiger partial charge < -0.3 is 0 Å². The molecule has 0 bridgehead atoms. The van der Waals surface area contributed by atoms with Crippen molar-refractivity contribution in [1.82, 2.24) is 4.03 Å². The van der Waals surface area contributed by atoms with Gasteiger partial charge in [-0.25, -0.2) is 0 Å². The predicted molar refractivity (Wildman–Crippen MR) is 45.1 cm³/mol. The average molecular weight is 201 g/mol. The molecule has 0 aliphatic rings. The summed E-state index contributed by atoms with van der Waals surface area (Å²) in [5, 5.41) is 0. The monoisotopic (exact) mass is 200 g/mol. The Morgan fingerprint density at radius 2 is 1.90 bits per heavy atom. The SMILES string of the molecule is NN(Br)Cc1ccccc1. The van der Waals surface area contributed by atoms with Gasteiger partial charge in [0.15, 0.2) is 0 Å². The van der Waals surface area contributed by atoms with Crippen molar-refractivity contribution in [3.05, 3.63) is 35.9 Å². The number of hydrazine groups is 1. The van der Waals surface area contributed by atoms with Crippen LogP contribution >= 0.6 is 16.1 Å². The van der Waals surface area contributed by atoms with Crippen LogP contribution in [0.5, 0.6) is 0 Å². The summed E-state index contributed by atoms with van der Waals surface area (Å²) in [6.45, 7) is 0.723. The van der Waals surface area contributed by atoms with Gasteiger partial charge in [0.25, 0.3) is 0 Å². The molecule has 2 N–H and O–H groups in total. The molecule has 1 aromatic rings. The minimum atomic E-state index is 0.723. The van der Waals surface area contributed by atoms with E-state index in [-0.39, 0.29) is 0 Å². The molecule has 0 unspecified atom stereocenters. The summed E-state index contributed by atoms with van der Waals surface area (Å²) in [6.07, 6.45) is 0. The van der Waals surface area contributed by atoms with E-state index < -0.39 is 0 Å². The molecule has 0 fully saturated rings. The van der Waals surface area contributed by atoms with Crippen molar-refractivity contribution >= 4 is 16.1 Å². The maximum absolute atomic E-state index is 5.37. The average Bonchev–Trinajstić information content (AvgIpc) is 1.88. The van der Waals surface area contributed by atoms with Crippen LogP contribution < -0.4 is 5.84 Å². The third kappa shape index (κ3) is 2.47. The van der Waals surface area contributed by atoms with E-state index in [1.165, 1.54) is 9.60 Å². The van der Waals surface area contributed by atoms with Gasteiger partial charge in [0.05, 0.1) is 0 Å².